The number of hydrogen-bond acceptors (Lipinski definition) is 2. The summed E-state index contributed by atoms with van der Waals surface area (Å²) < 4.78 is 42.1. The number of ether oxygens (including phenoxy) is 1. The fourth-order valence-electron chi connectivity index (χ4n) is 1.28. The second-order valence-corrected chi connectivity index (χ2v) is 3.08. The summed E-state index contributed by atoms with van der Waals surface area (Å²) in [6.45, 7) is 0.151. The van der Waals surface area contributed by atoms with Gasteiger partial charge in [0.15, 0.2) is 0 Å². The fraction of sp³-hybridized carbons (Fsp3) is 0.400. The van der Waals surface area contributed by atoms with Gasteiger partial charge in [-0.1, -0.05) is 12.1 Å². The molecule has 1 aromatic carbocycles. The summed E-state index contributed by atoms with van der Waals surface area (Å²) in [6.07, 6.45) is -4.82. The van der Waals surface area contributed by atoms with E-state index in [0.717, 1.165) is 12.1 Å². The van der Waals surface area contributed by atoms with Crippen LogP contribution in [0, 0.1) is 0 Å². The van der Waals surface area contributed by atoms with Crippen molar-refractivity contribution in [3.8, 4) is 0 Å². The Morgan fingerprint density at radius 3 is 2.53 bits per heavy atom. The molecule has 2 nitrogen and oxygen atoms in total. The minimum Gasteiger partial charge on any atom is -0.375 e. The van der Waals surface area contributed by atoms with Crippen LogP contribution >= 0.6 is 0 Å². The van der Waals surface area contributed by atoms with E-state index in [4.69, 9.17) is 10.5 Å². The van der Waals surface area contributed by atoms with Gasteiger partial charge in [0.2, 0.25) is 0 Å². The molecule has 0 heterocycles. The zero-order valence-corrected chi connectivity index (χ0v) is 8.21. The van der Waals surface area contributed by atoms with E-state index in [2.05, 4.69) is 0 Å². The largest absolute Gasteiger partial charge is 0.416 e. The SMILES string of the molecule is COC(CN)c1cccc(C(F)(F)F)c1. The first-order chi connectivity index (χ1) is 6.99. The molecular formula is C10H12F3NO. The molecule has 0 aliphatic carbocycles. The van der Waals surface area contributed by atoms with Crippen molar-refractivity contribution in [3.63, 3.8) is 0 Å². The third-order valence-corrected chi connectivity index (χ3v) is 2.08. The quantitative estimate of drug-likeness (QED) is 0.846. The summed E-state index contributed by atoms with van der Waals surface area (Å²) in [7, 11) is 1.41. The van der Waals surface area contributed by atoms with Gasteiger partial charge in [-0.15, -0.1) is 0 Å². The van der Waals surface area contributed by atoms with Crippen molar-refractivity contribution in [1.82, 2.24) is 0 Å². The van der Waals surface area contributed by atoms with Crippen LogP contribution in [0.2, 0.25) is 0 Å². The van der Waals surface area contributed by atoms with E-state index < -0.39 is 17.8 Å². The van der Waals surface area contributed by atoms with E-state index in [9.17, 15) is 13.2 Å². The van der Waals surface area contributed by atoms with Gasteiger partial charge in [0, 0.05) is 13.7 Å². The Kier molecular flexibility index (Phi) is 3.71. The van der Waals surface area contributed by atoms with Gasteiger partial charge < -0.3 is 10.5 Å². The van der Waals surface area contributed by atoms with Gasteiger partial charge >= 0.3 is 6.18 Å². The number of rotatable bonds is 3. The molecule has 1 unspecified atom stereocenters. The molecule has 0 saturated carbocycles. The smallest absolute Gasteiger partial charge is 0.375 e. The molecule has 1 aromatic rings. The average molecular weight is 219 g/mol. The Bertz CT molecular complexity index is 321. The Labute approximate surface area is 85.8 Å². The van der Waals surface area contributed by atoms with Crippen LogP contribution in [0.5, 0.6) is 0 Å². The van der Waals surface area contributed by atoms with Crippen molar-refractivity contribution in [2.75, 3.05) is 13.7 Å². The Morgan fingerprint density at radius 2 is 2.07 bits per heavy atom. The molecular weight excluding hydrogens is 207 g/mol. The average Bonchev–Trinajstić information content (AvgIpc) is 2.19. The van der Waals surface area contributed by atoms with Gasteiger partial charge in [0.25, 0.3) is 0 Å². The second kappa shape index (κ2) is 4.63. The van der Waals surface area contributed by atoms with Crippen molar-refractivity contribution in [2.45, 2.75) is 12.3 Å². The molecule has 0 amide bonds. The second-order valence-electron chi connectivity index (χ2n) is 3.08. The molecule has 1 rings (SSSR count). The van der Waals surface area contributed by atoms with Crippen LogP contribution in [-0.4, -0.2) is 13.7 Å². The minimum atomic E-state index is -4.33. The summed E-state index contributed by atoms with van der Waals surface area (Å²) >= 11 is 0. The highest BCUT2D eigenvalue weighted by molar-refractivity contribution is 5.27. The van der Waals surface area contributed by atoms with Gasteiger partial charge in [0.05, 0.1) is 11.7 Å². The highest BCUT2D eigenvalue weighted by Gasteiger charge is 2.30. The predicted molar refractivity (Wildman–Crippen MR) is 50.2 cm³/mol. The predicted octanol–water partition coefficient (Wildman–Crippen LogP) is 2.35. The van der Waals surface area contributed by atoms with Crippen LogP contribution in [0.1, 0.15) is 17.2 Å². The normalized spacial score (nSPS) is 13.9. The van der Waals surface area contributed by atoms with Crippen molar-refractivity contribution >= 4 is 0 Å². The third kappa shape index (κ3) is 2.94. The number of nitrogens with two attached hydrogens (primary N) is 1. The van der Waals surface area contributed by atoms with E-state index in [0.29, 0.717) is 5.56 Å². The maximum atomic E-state index is 12.4. The molecule has 0 saturated heterocycles. The molecule has 1 atom stereocenters. The van der Waals surface area contributed by atoms with Gasteiger partial charge in [-0.25, -0.2) is 0 Å². The summed E-state index contributed by atoms with van der Waals surface area (Å²) in [6, 6.07) is 4.99. The molecule has 84 valence electrons. The van der Waals surface area contributed by atoms with Crippen LogP contribution in [0.3, 0.4) is 0 Å². The van der Waals surface area contributed by atoms with Crippen molar-refractivity contribution in [1.29, 1.82) is 0 Å². The topological polar surface area (TPSA) is 35.2 Å². The standard InChI is InChI=1S/C10H12F3NO/c1-15-9(6-14)7-3-2-4-8(5-7)10(11,12)13/h2-5,9H,6,14H2,1H3. The molecule has 15 heavy (non-hydrogen) atoms. The number of alkyl halides is 3. The summed E-state index contributed by atoms with van der Waals surface area (Å²) in [5, 5.41) is 0. The van der Waals surface area contributed by atoms with E-state index in [1.165, 1.54) is 13.2 Å². The molecule has 0 aliphatic rings. The van der Waals surface area contributed by atoms with E-state index in [-0.39, 0.29) is 6.54 Å². The van der Waals surface area contributed by atoms with Gasteiger partial charge in [-0.05, 0) is 17.7 Å². The molecule has 0 spiro atoms. The molecule has 0 radical (unpaired) electrons. The maximum Gasteiger partial charge on any atom is 0.416 e. The zero-order valence-electron chi connectivity index (χ0n) is 8.21. The third-order valence-electron chi connectivity index (χ3n) is 2.08. The lowest BCUT2D eigenvalue weighted by molar-refractivity contribution is -0.137. The number of benzene rings is 1. The highest BCUT2D eigenvalue weighted by Crippen LogP contribution is 2.30. The van der Waals surface area contributed by atoms with Crippen LogP contribution in [0.15, 0.2) is 24.3 Å². The maximum absolute atomic E-state index is 12.4. The molecule has 0 aliphatic heterocycles. The molecule has 5 heteroatoms. The molecule has 0 aromatic heterocycles. The van der Waals surface area contributed by atoms with Crippen LogP contribution in [0.25, 0.3) is 0 Å². The summed E-state index contributed by atoms with van der Waals surface area (Å²) in [5.74, 6) is 0. The van der Waals surface area contributed by atoms with E-state index >= 15 is 0 Å². The summed E-state index contributed by atoms with van der Waals surface area (Å²) in [5.41, 5.74) is 5.12. The van der Waals surface area contributed by atoms with Gasteiger partial charge in [-0.3, -0.25) is 0 Å². The summed E-state index contributed by atoms with van der Waals surface area (Å²) in [4.78, 5) is 0. The van der Waals surface area contributed by atoms with Crippen LogP contribution in [0.4, 0.5) is 13.2 Å². The van der Waals surface area contributed by atoms with Crippen LogP contribution < -0.4 is 5.73 Å². The Balaban J connectivity index is 3.02. The Morgan fingerprint density at radius 1 is 1.40 bits per heavy atom. The first-order valence-electron chi connectivity index (χ1n) is 4.39. The molecule has 0 fully saturated rings. The monoisotopic (exact) mass is 219 g/mol. The zero-order chi connectivity index (χ0) is 11.5. The first kappa shape index (κ1) is 12.0. The van der Waals surface area contributed by atoms with Crippen LogP contribution in [-0.2, 0) is 10.9 Å². The van der Waals surface area contributed by atoms with E-state index in [1.54, 1.807) is 6.07 Å². The Hall–Kier alpha value is -1.07. The van der Waals surface area contributed by atoms with Gasteiger partial charge in [0.1, 0.15) is 0 Å². The first-order valence-corrected chi connectivity index (χ1v) is 4.39. The molecule has 0 bridgehead atoms. The lowest BCUT2D eigenvalue weighted by Crippen LogP contribution is -2.15. The number of hydrogen-bond donors (Lipinski definition) is 1. The van der Waals surface area contributed by atoms with E-state index in [1.807, 2.05) is 0 Å². The van der Waals surface area contributed by atoms with Crippen molar-refractivity contribution < 1.29 is 17.9 Å². The van der Waals surface area contributed by atoms with Gasteiger partial charge in [-0.2, -0.15) is 13.2 Å². The van der Waals surface area contributed by atoms with Crippen molar-refractivity contribution in [3.05, 3.63) is 35.4 Å². The van der Waals surface area contributed by atoms with Crippen molar-refractivity contribution in [2.24, 2.45) is 5.73 Å². The lowest BCUT2D eigenvalue weighted by atomic mass is 10.1. The molecule has 2 N–H and O–H groups in total. The number of methoxy groups -OCH3 is 1. The highest BCUT2D eigenvalue weighted by atomic mass is 19.4. The minimum absolute atomic E-state index is 0.151. The fourth-order valence-corrected chi connectivity index (χ4v) is 1.28. The lowest BCUT2D eigenvalue weighted by Gasteiger charge is -2.15. The number of halogens is 3.